The maximum Gasteiger partial charge on any atom is 0.190 e. The van der Waals surface area contributed by atoms with E-state index in [0.29, 0.717) is 5.92 Å². The summed E-state index contributed by atoms with van der Waals surface area (Å²) in [5.74, 6) is -0.326. The van der Waals surface area contributed by atoms with Gasteiger partial charge in [-0.05, 0) is 25.0 Å². The fraction of sp³-hybridized carbons (Fsp3) is 0.500. The van der Waals surface area contributed by atoms with E-state index in [2.05, 4.69) is 19.9 Å². The highest BCUT2D eigenvalue weighted by atomic mass is 16.3. The fourth-order valence-electron chi connectivity index (χ4n) is 1.96. The van der Waals surface area contributed by atoms with Gasteiger partial charge in [-0.2, -0.15) is 0 Å². The molecule has 2 N–H and O–H groups in total. The van der Waals surface area contributed by atoms with E-state index in [4.69, 9.17) is 0 Å². The molecule has 0 radical (unpaired) electrons. The maximum absolute atomic E-state index is 11.7. The molecule has 0 saturated carbocycles. The number of aliphatic hydroxyl groups excluding tert-OH is 2. The van der Waals surface area contributed by atoms with Crippen molar-refractivity contribution in [2.24, 2.45) is 5.92 Å². The van der Waals surface area contributed by atoms with Gasteiger partial charge in [0, 0.05) is 12.0 Å². The first-order chi connectivity index (χ1) is 9.35. The Morgan fingerprint density at radius 2 is 2.05 bits per heavy atom. The van der Waals surface area contributed by atoms with E-state index < -0.39 is 18.0 Å². The Morgan fingerprint density at radius 1 is 1.40 bits per heavy atom. The first kappa shape index (κ1) is 16.5. The molecule has 110 valence electrons. The van der Waals surface area contributed by atoms with E-state index in [0.717, 1.165) is 12.0 Å². The summed E-state index contributed by atoms with van der Waals surface area (Å²) in [5.41, 5.74) is 1.18. The van der Waals surface area contributed by atoms with Crippen molar-refractivity contribution in [3.63, 3.8) is 0 Å². The van der Waals surface area contributed by atoms with Crippen LogP contribution in [0, 0.1) is 5.92 Å². The monoisotopic (exact) mass is 278 g/mol. The normalized spacial score (nSPS) is 25.1. The predicted molar refractivity (Wildman–Crippen MR) is 77.1 cm³/mol. The van der Waals surface area contributed by atoms with Crippen LogP contribution in [-0.4, -0.2) is 34.0 Å². The molecule has 0 spiro atoms. The molecule has 0 bridgehead atoms. The number of Topliss-reactive ketones (excluding diaryl/α,β-unsaturated/α-hetero) is 1. The smallest absolute Gasteiger partial charge is 0.190 e. The van der Waals surface area contributed by atoms with Crippen LogP contribution in [0.25, 0.3) is 0 Å². The van der Waals surface area contributed by atoms with E-state index in [-0.39, 0.29) is 17.8 Å². The van der Waals surface area contributed by atoms with Crippen molar-refractivity contribution in [1.29, 1.82) is 0 Å². The van der Waals surface area contributed by atoms with Gasteiger partial charge in [-0.1, -0.05) is 38.0 Å². The zero-order chi connectivity index (χ0) is 15.3. The molecule has 0 saturated heterocycles. The number of allylic oxidation sites excluding steroid dienone is 4. The summed E-state index contributed by atoms with van der Waals surface area (Å²) in [6.07, 6.45) is 4.82. The summed E-state index contributed by atoms with van der Waals surface area (Å²) >= 11 is 0. The third kappa shape index (κ3) is 4.54. The lowest BCUT2D eigenvalue weighted by Gasteiger charge is -2.03. The van der Waals surface area contributed by atoms with E-state index in [9.17, 15) is 19.8 Å². The molecular formula is C16H22O4. The summed E-state index contributed by atoms with van der Waals surface area (Å²) in [4.78, 5) is 23.3. The highest BCUT2D eigenvalue weighted by molar-refractivity contribution is 6.07. The zero-order valence-corrected chi connectivity index (χ0v) is 12.2. The molecule has 1 rings (SSSR count). The van der Waals surface area contributed by atoms with Gasteiger partial charge in [0.15, 0.2) is 11.6 Å². The molecule has 4 heteroatoms. The Bertz CT molecular complexity index is 471. The molecule has 0 amide bonds. The van der Waals surface area contributed by atoms with Crippen molar-refractivity contribution in [1.82, 2.24) is 0 Å². The molecule has 3 atom stereocenters. The van der Waals surface area contributed by atoms with Crippen LogP contribution in [0.4, 0.5) is 0 Å². The van der Waals surface area contributed by atoms with E-state index in [1.54, 1.807) is 6.08 Å². The van der Waals surface area contributed by atoms with Crippen molar-refractivity contribution in [2.45, 2.75) is 45.8 Å². The second-order valence-corrected chi connectivity index (χ2v) is 5.26. The van der Waals surface area contributed by atoms with Crippen LogP contribution in [0.1, 0.15) is 33.6 Å². The lowest BCUT2D eigenvalue weighted by Crippen LogP contribution is -2.26. The Hall–Kier alpha value is -1.52. The zero-order valence-electron chi connectivity index (χ0n) is 12.2. The number of carbonyl (C=O) groups is 2. The molecule has 0 aromatic carbocycles. The Balaban J connectivity index is 2.59. The average Bonchev–Trinajstić information content (AvgIpc) is 2.64. The molecule has 0 unspecified atom stereocenters. The van der Waals surface area contributed by atoms with Crippen molar-refractivity contribution in [2.75, 3.05) is 0 Å². The van der Waals surface area contributed by atoms with Crippen LogP contribution in [-0.2, 0) is 9.59 Å². The van der Waals surface area contributed by atoms with Crippen molar-refractivity contribution < 1.29 is 19.8 Å². The molecule has 0 aromatic rings. The molecule has 0 aromatic heterocycles. The highest BCUT2D eigenvalue weighted by Crippen LogP contribution is 2.19. The fourth-order valence-corrected chi connectivity index (χ4v) is 1.96. The average molecular weight is 278 g/mol. The van der Waals surface area contributed by atoms with Gasteiger partial charge in [-0.15, -0.1) is 0 Å². The number of hydrogen-bond acceptors (Lipinski definition) is 4. The first-order valence-electron chi connectivity index (χ1n) is 6.85. The minimum atomic E-state index is -1.42. The van der Waals surface area contributed by atoms with E-state index in [1.165, 1.54) is 12.2 Å². The van der Waals surface area contributed by atoms with Gasteiger partial charge in [0.2, 0.25) is 0 Å². The minimum Gasteiger partial charge on any atom is -0.386 e. The largest absolute Gasteiger partial charge is 0.386 e. The Morgan fingerprint density at radius 3 is 2.55 bits per heavy atom. The summed E-state index contributed by atoms with van der Waals surface area (Å²) in [7, 11) is 0. The molecule has 1 aliphatic rings. The summed E-state index contributed by atoms with van der Waals surface area (Å²) in [6.45, 7) is 6.12. The number of aliphatic hydroxyl groups is 2. The molecule has 0 aliphatic heterocycles. The van der Waals surface area contributed by atoms with E-state index >= 15 is 0 Å². The van der Waals surface area contributed by atoms with Gasteiger partial charge < -0.3 is 10.2 Å². The molecular weight excluding hydrogens is 256 g/mol. The number of rotatable bonds is 6. The Labute approximate surface area is 119 Å². The van der Waals surface area contributed by atoms with Gasteiger partial charge in [0.05, 0.1) is 0 Å². The van der Waals surface area contributed by atoms with E-state index in [1.807, 2.05) is 6.92 Å². The van der Waals surface area contributed by atoms with Gasteiger partial charge in [-0.3, -0.25) is 9.59 Å². The van der Waals surface area contributed by atoms with Crippen molar-refractivity contribution in [3.05, 3.63) is 35.5 Å². The van der Waals surface area contributed by atoms with Crippen LogP contribution in [0.5, 0.6) is 0 Å². The number of carbonyl (C=O) groups excluding carboxylic acids is 2. The molecule has 0 fully saturated rings. The van der Waals surface area contributed by atoms with Gasteiger partial charge in [0.1, 0.15) is 12.2 Å². The maximum atomic E-state index is 11.7. The minimum absolute atomic E-state index is 0.0833. The van der Waals surface area contributed by atoms with Crippen molar-refractivity contribution >= 4 is 11.6 Å². The van der Waals surface area contributed by atoms with Crippen LogP contribution in [0.3, 0.4) is 0 Å². The third-order valence-corrected chi connectivity index (χ3v) is 3.37. The Kier molecular flexibility index (Phi) is 6.05. The highest BCUT2D eigenvalue weighted by Gasteiger charge is 2.33. The SMILES string of the molecule is CC[C@H](C)/C=C(C)/C=C/C(=O)CC1=C[C@H](O)[C@H](O)C1=O. The third-order valence-electron chi connectivity index (χ3n) is 3.37. The standard InChI is InChI=1S/C16H22O4/c1-4-10(2)7-11(3)5-6-13(17)8-12-9-14(18)16(20)15(12)19/h5-7,9-10,14,16,18,20H,4,8H2,1-3H3/b6-5+,11-7+/t10-,14-,16-/m0/s1. The second-order valence-electron chi connectivity index (χ2n) is 5.26. The lowest BCUT2D eigenvalue weighted by molar-refractivity contribution is -0.126. The van der Waals surface area contributed by atoms with Crippen LogP contribution in [0.15, 0.2) is 35.5 Å². The number of ketones is 2. The molecule has 0 heterocycles. The second kappa shape index (κ2) is 7.31. The molecule has 1 aliphatic carbocycles. The van der Waals surface area contributed by atoms with Gasteiger partial charge in [-0.25, -0.2) is 0 Å². The topological polar surface area (TPSA) is 74.6 Å². The summed E-state index contributed by atoms with van der Waals surface area (Å²) < 4.78 is 0. The summed E-state index contributed by atoms with van der Waals surface area (Å²) in [6, 6.07) is 0. The predicted octanol–water partition coefficient (Wildman–Crippen LogP) is 1.73. The molecule has 20 heavy (non-hydrogen) atoms. The summed E-state index contributed by atoms with van der Waals surface area (Å²) in [5, 5.41) is 18.6. The quantitative estimate of drug-likeness (QED) is 0.573. The van der Waals surface area contributed by atoms with Crippen LogP contribution in [0.2, 0.25) is 0 Å². The molecule has 4 nitrogen and oxygen atoms in total. The first-order valence-corrected chi connectivity index (χ1v) is 6.85. The van der Waals surface area contributed by atoms with Crippen LogP contribution < -0.4 is 0 Å². The van der Waals surface area contributed by atoms with Gasteiger partial charge >= 0.3 is 0 Å². The number of hydrogen-bond donors (Lipinski definition) is 2. The lowest BCUT2D eigenvalue weighted by atomic mass is 10.0. The van der Waals surface area contributed by atoms with Gasteiger partial charge in [0.25, 0.3) is 0 Å². The van der Waals surface area contributed by atoms with Crippen LogP contribution >= 0.6 is 0 Å². The van der Waals surface area contributed by atoms with Crippen molar-refractivity contribution in [3.8, 4) is 0 Å².